The van der Waals surface area contributed by atoms with Crippen molar-refractivity contribution < 1.29 is 0 Å². The first-order chi connectivity index (χ1) is 8.34. The number of aromatic nitrogens is 6. The Morgan fingerprint density at radius 2 is 2.35 bits per heavy atom. The van der Waals surface area contributed by atoms with Crippen LogP contribution in [0.15, 0.2) is 6.33 Å². The summed E-state index contributed by atoms with van der Waals surface area (Å²) in [6.07, 6.45) is 3.95. The van der Waals surface area contributed by atoms with Crippen LogP contribution >= 0.6 is 0 Å². The molecule has 1 aliphatic heterocycles. The fraction of sp³-hybridized carbons (Fsp3) is 0.600. The van der Waals surface area contributed by atoms with E-state index >= 15 is 0 Å². The molecule has 2 aromatic heterocycles. The summed E-state index contributed by atoms with van der Waals surface area (Å²) >= 11 is 0. The van der Waals surface area contributed by atoms with Gasteiger partial charge < -0.3 is 4.90 Å². The molecule has 0 saturated carbocycles. The van der Waals surface area contributed by atoms with Crippen molar-refractivity contribution in [3.8, 4) is 0 Å². The van der Waals surface area contributed by atoms with Gasteiger partial charge in [-0.25, -0.2) is 4.68 Å². The van der Waals surface area contributed by atoms with Crippen LogP contribution in [0.3, 0.4) is 0 Å². The molecular formula is C10H15N7. The van der Waals surface area contributed by atoms with Crippen LogP contribution in [-0.4, -0.2) is 43.5 Å². The van der Waals surface area contributed by atoms with Crippen molar-refractivity contribution in [3.05, 3.63) is 17.6 Å². The molecule has 17 heavy (non-hydrogen) atoms. The van der Waals surface area contributed by atoms with Crippen molar-refractivity contribution >= 4 is 5.82 Å². The van der Waals surface area contributed by atoms with Crippen LogP contribution in [0.25, 0.3) is 0 Å². The van der Waals surface area contributed by atoms with Crippen molar-refractivity contribution in [2.75, 3.05) is 18.0 Å². The summed E-state index contributed by atoms with van der Waals surface area (Å²) < 4.78 is 1.74. The maximum atomic E-state index is 4.38. The molecule has 0 amide bonds. The zero-order chi connectivity index (χ0) is 11.7. The lowest BCUT2D eigenvalue weighted by Gasteiger charge is -2.27. The molecule has 1 aliphatic rings. The molecular weight excluding hydrogens is 218 g/mol. The largest absolute Gasteiger partial charge is 0.353 e. The van der Waals surface area contributed by atoms with Gasteiger partial charge in [0.05, 0.1) is 6.54 Å². The maximum absolute atomic E-state index is 4.38. The lowest BCUT2D eigenvalue weighted by Crippen LogP contribution is -2.32. The fourth-order valence-corrected chi connectivity index (χ4v) is 2.28. The highest BCUT2D eigenvalue weighted by molar-refractivity contribution is 5.50. The molecule has 0 atom stereocenters. The summed E-state index contributed by atoms with van der Waals surface area (Å²) in [5.74, 6) is 1.10. The Kier molecular flexibility index (Phi) is 2.50. The number of fused-ring (bicyclic) bond motifs is 1. The molecule has 7 heteroatoms. The minimum atomic E-state index is 0.790. The number of nitrogens with zero attached hydrogens (tertiary/aromatic N) is 6. The van der Waals surface area contributed by atoms with Gasteiger partial charge in [0.2, 0.25) is 0 Å². The molecule has 1 N–H and O–H groups in total. The molecule has 0 radical (unpaired) electrons. The summed E-state index contributed by atoms with van der Waals surface area (Å²) in [5, 5.41) is 18.6. The van der Waals surface area contributed by atoms with Gasteiger partial charge in [-0.1, -0.05) is 0 Å². The average Bonchev–Trinajstić information content (AvgIpc) is 2.97. The van der Waals surface area contributed by atoms with E-state index in [9.17, 15) is 0 Å². The second-order valence-electron chi connectivity index (χ2n) is 4.31. The first-order valence-electron chi connectivity index (χ1n) is 5.84. The van der Waals surface area contributed by atoms with Gasteiger partial charge >= 0.3 is 0 Å². The molecule has 0 spiro atoms. The van der Waals surface area contributed by atoms with Crippen molar-refractivity contribution in [2.45, 2.75) is 26.3 Å². The van der Waals surface area contributed by atoms with Crippen LogP contribution in [0.1, 0.15) is 17.7 Å². The minimum Gasteiger partial charge on any atom is -0.353 e. The van der Waals surface area contributed by atoms with Crippen LogP contribution in [-0.2, 0) is 13.0 Å². The number of H-pyrrole nitrogens is 1. The molecule has 7 nitrogen and oxygen atoms in total. The molecule has 90 valence electrons. The number of tetrazole rings is 1. The molecule has 2 aromatic rings. The molecule has 0 aromatic carbocycles. The predicted octanol–water partition coefficient (Wildman–Crippen LogP) is 0.157. The van der Waals surface area contributed by atoms with Crippen molar-refractivity contribution in [2.24, 2.45) is 0 Å². The van der Waals surface area contributed by atoms with E-state index in [1.807, 2.05) is 0 Å². The average molecular weight is 233 g/mol. The molecule has 3 heterocycles. The first-order valence-corrected chi connectivity index (χ1v) is 5.84. The van der Waals surface area contributed by atoms with E-state index < -0.39 is 0 Å². The van der Waals surface area contributed by atoms with Gasteiger partial charge in [0, 0.05) is 24.3 Å². The molecule has 0 aliphatic carbocycles. The van der Waals surface area contributed by atoms with Crippen LogP contribution < -0.4 is 4.90 Å². The standard InChI is InChI=1S/C10H15N7/c1-8-9-3-2-4-16(10(9)13-12-8)5-6-17-7-11-14-15-17/h7H,2-6H2,1H3,(H,12,13). The van der Waals surface area contributed by atoms with E-state index in [-0.39, 0.29) is 0 Å². The van der Waals surface area contributed by atoms with E-state index in [4.69, 9.17) is 0 Å². The van der Waals surface area contributed by atoms with Crippen molar-refractivity contribution in [3.63, 3.8) is 0 Å². The molecule has 0 saturated heterocycles. The van der Waals surface area contributed by atoms with E-state index in [1.54, 1.807) is 11.0 Å². The lowest BCUT2D eigenvalue weighted by molar-refractivity contribution is 0.559. The van der Waals surface area contributed by atoms with Gasteiger partial charge in [-0.05, 0) is 30.2 Å². The monoisotopic (exact) mass is 233 g/mol. The SMILES string of the molecule is Cc1[nH]nc2c1CCCN2CCn1cnnn1. The third-order valence-corrected chi connectivity index (χ3v) is 3.20. The Bertz CT molecular complexity index is 487. The van der Waals surface area contributed by atoms with Crippen LogP contribution in [0.4, 0.5) is 5.82 Å². The number of hydrogen-bond donors (Lipinski definition) is 1. The van der Waals surface area contributed by atoms with Crippen LogP contribution in [0.2, 0.25) is 0 Å². The Balaban J connectivity index is 1.72. The van der Waals surface area contributed by atoms with Gasteiger partial charge in [-0.2, -0.15) is 5.10 Å². The van der Waals surface area contributed by atoms with Crippen molar-refractivity contribution in [1.29, 1.82) is 0 Å². The van der Waals surface area contributed by atoms with Gasteiger partial charge in [-0.3, -0.25) is 5.10 Å². The van der Waals surface area contributed by atoms with Crippen LogP contribution in [0, 0.1) is 6.92 Å². The highest BCUT2D eigenvalue weighted by Crippen LogP contribution is 2.26. The Labute approximate surface area is 98.8 Å². The number of rotatable bonds is 3. The quantitative estimate of drug-likeness (QED) is 0.817. The molecule has 0 bridgehead atoms. The highest BCUT2D eigenvalue weighted by atomic mass is 15.5. The molecule has 0 unspecified atom stereocenters. The highest BCUT2D eigenvalue weighted by Gasteiger charge is 2.21. The van der Waals surface area contributed by atoms with E-state index in [0.717, 1.165) is 31.9 Å². The Morgan fingerprint density at radius 3 is 3.18 bits per heavy atom. The van der Waals surface area contributed by atoms with E-state index in [2.05, 4.69) is 37.5 Å². The van der Waals surface area contributed by atoms with Gasteiger partial charge in [0.15, 0.2) is 5.82 Å². The maximum Gasteiger partial charge on any atom is 0.153 e. The van der Waals surface area contributed by atoms with E-state index in [1.165, 1.54) is 17.7 Å². The van der Waals surface area contributed by atoms with E-state index in [0.29, 0.717) is 0 Å². The third kappa shape index (κ3) is 1.88. The van der Waals surface area contributed by atoms with Gasteiger partial charge in [-0.15, -0.1) is 5.10 Å². The number of aryl methyl sites for hydroxylation is 1. The predicted molar refractivity (Wildman–Crippen MR) is 61.7 cm³/mol. The van der Waals surface area contributed by atoms with Crippen LogP contribution in [0.5, 0.6) is 0 Å². The number of nitrogens with one attached hydrogen (secondary N) is 1. The molecule has 0 fully saturated rings. The van der Waals surface area contributed by atoms with Crippen molar-refractivity contribution in [1.82, 2.24) is 30.4 Å². The fourth-order valence-electron chi connectivity index (χ4n) is 2.28. The first kappa shape index (κ1) is 10.2. The zero-order valence-corrected chi connectivity index (χ0v) is 9.80. The molecule has 3 rings (SSSR count). The Morgan fingerprint density at radius 1 is 1.41 bits per heavy atom. The third-order valence-electron chi connectivity index (χ3n) is 3.20. The summed E-state index contributed by atoms with van der Waals surface area (Å²) in [4.78, 5) is 2.30. The second-order valence-corrected chi connectivity index (χ2v) is 4.31. The number of anilines is 1. The smallest absolute Gasteiger partial charge is 0.153 e. The number of aromatic amines is 1. The summed E-state index contributed by atoms with van der Waals surface area (Å²) in [7, 11) is 0. The van der Waals surface area contributed by atoms with Gasteiger partial charge in [0.25, 0.3) is 0 Å². The summed E-state index contributed by atoms with van der Waals surface area (Å²) in [6.45, 7) is 4.82. The number of hydrogen-bond acceptors (Lipinski definition) is 5. The summed E-state index contributed by atoms with van der Waals surface area (Å²) in [5.41, 5.74) is 2.54. The summed E-state index contributed by atoms with van der Waals surface area (Å²) in [6, 6.07) is 0. The minimum absolute atomic E-state index is 0.790. The second kappa shape index (κ2) is 4.15. The Hall–Kier alpha value is -1.92. The zero-order valence-electron chi connectivity index (χ0n) is 9.80. The lowest BCUT2D eigenvalue weighted by atomic mass is 10.1. The normalized spacial score (nSPS) is 15.0. The van der Waals surface area contributed by atoms with Gasteiger partial charge in [0.1, 0.15) is 6.33 Å². The topological polar surface area (TPSA) is 75.5 Å².